The van der Waals surface area contributed by atoms with E-state index in [1.54, 1.807) is 0 Å². The predicted octanol–water partition coefficient (Wildman–Crippen LogP) is 3.14. The highest BCUT2D eigenvalue weighted by molar-refractivity contribution is 5.07. The first-order chi connectivity index (χ1) is 8.86. The lowest BCUT2D eigenvalue weighted by molar-refractivity contribution is -0.323. The Labute approximate surface area is 116 Å². The van der Waals surface area contributed by atoms with Crippen molar-refractivity contribution >= 4 is 0 Å². The van der Waals surface area contributed by atoms with Gasteiger partial charge in [-0.3, -0.25) is 0 Å². The maximum atomic E-state index is 10.1. The molecule has 0 amide bonds. The number of rotatable bonds is 6. The second-order valence-corrected chi connectivity index (χ2v) is 5.96. The number of aliphatic hydroxyl groups is 1. The van der Waals surface area contributed by atoms with E-state index in [1.807, 2.05) is 20.8 Å². The molecule has 0 saturated carbocycles. The molecule has 0 aromatic carbocycles. The molecule has 0 aliphatic carbocycles. The van der Waals surface area contributed by atoms with E-state index in [2.05, 4.69) is 13.0 Å². The van der Waals surface area contributed by atoms with E-state index in [4.69, 9.17) is 9.47 Å². The summed E-state index contributed by atoms with van der Waals surface area (Å²) in [6.07, 6.45) is 4.03. The molecule has 110 valence electrons. The summed E-state index contributed by atoms with van der Waals surface area (Å²) < 4.78 is 11.6. The van der Waals surface area contributed by atoms with Crippen molar-refractivity contribution in [2.75, 3.05) is 0 Å². The van der Waals surface area contributed by atoms with Crippen LogP contribution in [0.1, 0.15) is 66.2 Å². The SMILES string of the molecule is CCCCC(O)C[C@]1(C#N)C[C@H](CC)OC(C)(C)O1. The van der Waals surface area contributed by atoms with Gasteiger partial charge >= 0.3 is 0 Å². The van der Waals surface area contributed by atoms with Crippen LogP contribution < -0.4 is 0 Å². The van der Waals surface area contributed by atoms with Gasteiger partial charge in [-0.05, 0) is 26.7 Å². The average molecular weight is 269 g/mol. The Kier molecular flexibility index (Phi) is 5.79. The van der Waals surface area contributed by atoms with Gasteiger partial charge in [-0.25, -0.2) is 0 Å². The van der Waals surface area contributed by atoms with Crippen molar-refractivity contribution in [1.82, 2.24) is 0 Å². The lowest BCUT2D eigenvalue weighted by Gasteiger charge is -2.45. The van der Waals surface area contributed by atoms with Gasteiger partial charge < -0.3 is 14.6 Å². The summed E-state index contributed by atoms with van der Waals surface area (Å²) in [5.41, 5.74) is -0.921. The van der Waals surface area contributed by atoms with E-state index in [0.717, 1.165) is 25.7 Å². The van der Waals surface area contributed by atoms with Crippen molar-refractivity contribution in [1.29, 1.82) is 5.26 Å². The Balaban J connectivity index is 2.75. The van der Waals surface area contributed by atoms with Crippen LogP contribution in [0.15, 0.2) is 0 Å². The molecule has 0 bridgehead atoms. The van der Waals surface area contributed by atoms with Crippen LogP contribution >= 0.6 is 0 Å². The Morgan fingerprint density at radius 3 is 2.63 bits per heavy atom. The monoisotopic (exact) mass is 269 g/mol. The van der Waals surface area contributed by atoms with Crippen molar-refractivity contribution in [2.45, 2.75) is 89.8 Å². The zero-order chi connectivity index (χ0) is 14.5. The van der Waals surface area contributed by atoms with Crippen LogP contribution in [-0.4, -0.2) is 28.7 Å². The van der Waals surface area contributed by atoms with Gasteiger partial charge in [0.05, 0.1) is 18.3 Å². The lowest BCUT2D eigenvalue weighted by atomic mass is 9.87. The number of hydrogen-bond acceptors (Lipinski definition) is 4. The van der Waals surface area contributed by atoms with Crippen molar-refractivity contribution in [3.8, 4) is 6.07 Å². The molecule has 1 aliphatic heterocycles. The van der Waals surface area contributed by atoms with E-state index >= 15 is 0 Å². The van der Waals surface area contributed by atoms with Gasteiger partial charge in [0.25, 0.3) is 0 Å². The van der Waals surface area contributed by atoms with Crippen LogP contribution in [0.3, 0.4) is 0 Å². The molecule has 1 rings (SSSR count). The summed E-state index contributed by atoms with van der Waals surface area (Å²) in [6.45, 7) is 7.80. The Hall–Kier alpha value is -0.630. The average Bonchev–Trinajstić information content (AvgIpc) is 2.34. The molecule has 0 spiro atoms. The van der Waals surface area contributed by atoms with Gasteiger partial charge in [0.1, 0.15) is 0 Å². The maximum Gasteiger partial charge on any atom is 0.165 e. The minimum absolute atomic E-state index is 0.0155. The Morgan fingerprint density at radius 1 is 1.42 bits per heavy atom. The quantitative estimate of drug-likeness (QED) is 0.804. The molecule has 0 radical (unpaired) electrons. The normalized spacial score (nSPS) is 31.7. The first-order valence-electron chi connectivity index (χ1n) is 7.33. The van der Waals surface area contributed by atoms with Gasteiger partial charge in [-0.1, -0.05) is 26.7 Å². The fourth-order valence-corrected chi connectivity index (χ4v) is 2.74. The first-order valence-corrected chi connectivity index (χ1v) is 7.33. The Morgan fingerprint density at radius 2 is 2.11 bits per heavy atom. The van der Waals surface area contributed by atoms with Crippen LogP contribution in [0.5, 0.6) is 0 Å². The second kappa shape index (κ2) is 6.69. The maximum absolute atomic E-state index is 10.1. The van der Waals surface area contributed by atoms with Gasteiger partial charge in [-0.15, -0.1) is 0 Å². The molecule has 1 saturated heterocycles. The lowest BCUT2D eigenvalue weighted by Crippen LogP contribution is -2.52. The third kappa shape index (κ3) is 4.76. The van der Waals surface area contributed by atoms with Crippen molar-refractivity contribution in [3.05, 3.63) is 0 Å². The highest BCUT2D eigenvalue weighted by Crippen LogP contribution is 2.38. The molecule has 1 N–H and O–H groups in total. The molecular weight excluding hydrogens is 242 g/mol. The van der Waals surface area contributed by atoms with Gasteiger partial charge in [0.15, 0.2) is 11.4 Å². The highest BCUT2D eigenvalue weighted by Gasteiger charge is 2.46. The van der Waals surface area contributed by atoms with Crippen molar-refractivity contribution in [2.24, 2.45) is 0 Å². The summed E-state index contributed by atoms with van der Waals surface area (Å²) in [6, 6.07) is 2.28. The Bertz CT molecular complexity index is 324. The van der Waals surface area contributed by atoms with E-state index in [1.165, 1.54) is 0 Å². The molecular formula is C15H27NO3. The van der Waals surface area contributed by atoms with Gasteiger partial charge in [0, 0.05) is 12.8 Å². The minimum Gasteiger partial charge on any atom is -0.393 e. The smallest absolute Gasteiger partial charge is 0.165 e. The fourth-order valence-electron chi connectivity index (χ4n) is 2.74. The number of nitrogens with zero attached hydrogens (tertiary/aromatic N) is 1. The summed E-state index contributed by atoms with van der Waals surface area (Å²) in [7, 11) is 0. The zero-order valence-corrected chi connectivity index (χ0v) is 12.6. The fraction of sp³-hybridized carbons (Fsp3) is 0.933. The number of ether oxygens (including phenoxy) is 2. The minimum atomic E-state index is -0.921. The van der Waals surface area contributed by atoms with Crippen LogP contribution in [-0.2, 0) is 9.47 Å². The zero-order valence-electron chi connectivity index (χ0n) is 12.6. The van der Waals surface area contributed by atoms with Gasteiger partial charge in [0.2, 0.25) is 0 Å². The molecule has 1 heterocycles. The highest BCUT2D eigenvalue weighted by atomic mass is 16.7. The molecule has 1 fully saturated rings. The molecule has 0 aromatic rings. The number of aliphatic hydroxyl groups excluding tert-OH is 1. The molecule has 1 aliphatic rings. The van der Waals surface area contributed by atoms with Crippen molar-refractivity contribution in [3.63, 3.8) is 0 Å². The standard InChI is InChI=1S/C15H27NO3/c1-5-7-8-12(17)9-15(11-16)10-13(6-2)18-14(3,4)19-15/h12-13,17H,5-10H2,1-4H3/t12?,13-,15+/m0/s1. The van der Waals surface area contributed by atoms with Crippen LogP contribution in [0.25, 0.3) is 0 Å². The molecule has 1 unspecified atom stereocenters. The predicted molar refractivity (Wildman–Crippen MR) is 73.4 cm³/mol. The summed E-state index contributed by atoms with van der Waals surface area (Å²) in [5.74, 6) is -0.765. The molecule has 19 heavy (non-hydrogen) atoms. The topological polar surface area (TPSA) is 62.5 Å². The molecule has 4 heteroatoms. The largest absolute Gasteiger partial charge is 0.393 e. The van der Waals surface area contributed by atoms with Crippen LogP contribution in [0, 0.1) is 11.3 Å². The second-order valence-electron chi connectivity index (χ2n) is 5.96. The third-order valence-corrected chi connectivity index (χ3v) is 3.56. The van der Waals surface area contributed by atoms with Crippen LogP contribution in [0.2, 0.25) is 0 Å². The van der Waals surface area contributed by atoms with Crippen LogP contribution in [0.4, 0.5) is 0 Å². The number of nitriles is 1. The first kappa shape index (κ1) is 16.4. The molecule has 4 nitrogen and oxygen atoms in total. The van der Waals surface area contributed by atoms with E-state index < -0.39 is 17.5 Å². The van der Waals surface area contributed by atoms with Crippen molar-refractivity contribution < 1.29 is 14.6 Å². The van der Waals surface area contributed by atoms with E-state index in [0.29, 0.717) is 12.8 Å². The van der Waals surface area contributed by atoms with E-state index in [9.17, 15) is 10.4 Å². The van der Waals surface area contributed by atoms with E-state index in [-0.39, 0.29) is 6.10 Å². The molecule has 0 aromatic heterocycles. The summed E-state index contributed by atoms with van der Waals surface area (Å²) in [4.78, 5) is 0. The van der Waals surface area contributed by atoms with Gasteiger partial charge in [-0.2, -0.15) is 5.26 Å². The molecule has 3 atom stereocenters. The number of hydrogen-bond donors (Lipinski definition) is 1. The number of unbranched alkanes of at least 4 members (excludes halogenated alkanes) is 1. The summed E-state index contributed by atoms with van der Waals surface area (Å²) >= 11 is 0. The third-order valence-electron chi connectivity index (χ3n) is 3.56. The summed E-state index contributed by atoms with van der Waals surface area (Å²) in [5, 5.41) is 19.6.